The molecule has 0 radical (unpaired) electrons. The van der Waals surface area contributed by atoms with Crippen molar-refractivity contribution in [2.45, 2.75) is 17.9 Å². The minimum atomic E-state index is -1.85. The summed E-state index contributed by atoms with van der Waals surface area (Å²) < 4.78 is 4.63. The van der Waals surface area contributed by atoms with Gasteiger partial charge in [-0.3, -0.25) is 0 Å². The Kier molecular flexibility index (Phi) is 2.51. The van der Waals surface area contributed by atoms with E-state index in [0.717, 1.165) is 8.45 Å². The Morgan fingerprint density at radius 2 is 1.14 bits per heavy atom. The van der Waals surface area contributed by atoms with Crippen LogP contribution in [0.5, 0.6) is 0 Å². The normalized spacial score (nSPS) is 26.7. The molecule has 2 aliphatic carbocycles. The molecule has 0 spiro atoms. The summed E-state index contributed by atoms with van der Waals surface area (Å²) in [7, 11) is 0. The summed E-state index contributed by atoms with van der Waals surface area (Å²) in [5.41, 5.74) is 6.17. The van der Waals surface area contributed by atoms with E-state index in [2.05, 4.69) is 72.8 Å². The molecule has 0 saturated carbocycles. The Balaban J connectivity index is 1.59. The third kappa shape index (κ3) is 1.67. The van der Waals surface area contributed by atoms with Gasteiger partial charge in [-0.1, -0.05) is 0 Å². The zero-order chi connectivity index (χ0) is 13.9. The molecule has 0 N–H and O–H groups in total. The summed E-state index contributed by atoms with van der Waals surface area (Å²) >= 11 is -1.85. The molecular formula is C20H18Ti. The molecule has 1 fully saturated rings. The molecular weight excluding hydrogens is 288 g/mol. The van der Waals surface area contributed by atoms with Gasteiger partial charge in [0, 0.05) is 0 Å². The number of hydrogen-bond acceptors (Lipinski definition) is 0. The maximum absolute atomic E-state index is 2.53. The standard InChI is InChI=1S/2C9H7.C2H4.Ti/c2*1-2-5-9-7-3-6-8(9)4-1;1-2;/h2*1-7H;1-2H2;. The molecule has 21 heavy (non-hydrogen) atoms. The van der Waals surface area contributed by atoms with Crippen LogP contribution in [0.15, 0.2) is 60.7 Å². The first-order valence-electron chi connectivity index (χ1n) is 7.93. The van der Waals surface area contributed by atoms with Crippen molar-refractivity contribution >= 4 is 12.2 Å². The van der Waals surface area contributed by atoms with Crippen LogP contribution in [-0.2, 0) is 16.6 Å². The molecule has 3 aliphatic rings. The fourth-order valence-corrected chi connectivity index (χ4v) is 13.6. The molecule has 2 atom stereocenters. The van der Waals surface area contributed by atoms with Gasteiger partial charge in [-0.15, -0.1) is 0 Å². The van der Waals surface area contributed by atoms with Crippen molar-refractivity contribution in [2.75, 3.05) is 0 Å². The number of fused-ring (bicyclic) bond motifs is 2. The second-order valence-corrected chi connectivity index (χ2v) is 14.0. The number of hydrogen-bond donors (Lipinski definition) is 0. The first-order valence-corrected chi connectivity index (χ1v) is 11.9. The fourth-order valence-electron chi connectivity index (χ4n) is 4.46. The molecule has 0 nitrogen and oxygen atoms in total. The number of rotatable bonds is 2. The van der Waals surface area contributed by atoms with Gasteiger partial charge in [0.1, 0.15) is 0 Å². The Morgan fingerprint density at radius 1 is 0.667 bits per heavy atom. The Bertz CT molecular complexity index is 716. The van der Waals surface area contributed by atoms with Crippen LogP contribution in [0, 0.1) is 0 Å². The Labute approximate surface area is 129 Å². The SMILES string of the molecule is C1=C[CH]([Ti]2([CH]3C=Cc4ccccc43)[CH2][CH2]2)c2ccccc21. The van der Waals surface area contributed by atoms with Crippen LogP contribution in [0.3, 0.4) is 0 Å². The van der Waals surface area contributed by atoms with E-state index in [1.54, 1.807) is 11.1 Å². The van der Waals surface area contributed by atoms with Gasteiger partial charge in [-0.25, -0.2) is 0 Å². The van der Waals surface area contributed by atoms with Gasteiger partial charge in [0.25, 0.3) is 0 Å². The molecule has 5 rings (SSSR count). The van der Waals surface area contributed by atoms with Gasteiger partial charge in [0.2, 0.25) is 0 Å². The number of benzene rings is 2. The summed E-state index contributed by atoms with van der Waals surface area (Å²) in [5.74, 6) is 0. The van der Waals surface area contributed by atoms with Gasteiger partial charge < -0.3 is 0 Å². The molecule has 1 aliphatic heterocycles. The van der Waals surface area contributed by atoms with Gasteiger partial charge in [0.15, 0.2) is 0 Å². The molecule has 0 amide bonds. The summed E-state index contributed by atoms with van der Waals surface area (Å²) in [6.45, 7) is 0. The minimum absolute atomic E-state index is 0.780. The topological polar surface area (TPSA) is 0 Å². The van der Waals surface area contributed by atoms with E-state index in [-0.39, 0.29) is 0 Å². The van der Waals surface area contributed by atoms with Crippen LogP contribution in [-0.4, -0.2) is 0 Å². The van der Waals surface area contributed by atoms with Crippen LogP contribution in [0.1, 0.15) is 30.7 Å². The van der Waals surface area contributed by atoms with Crippen molar-refractivity contribution in [1.29, 1.82) is 0 Å². The van der Waals surface area contributed by atoms with E-state index in [4.69, 9.17) is 0 Å². The van der Waals surface area contributed by atoms with Crippen molar-refractivity contribution < 1.29 is 16.6 Å². The summed E-state index contributed by atoms with van der Waals surface area (Å²) in [6.07, 6.45) is 9.81. The zero-order valence-corrected chi connectivity index (χ0v) is 13.6. The van der Waals surface area contributed by atoms with Crippen molar-refractivity contribution in [1.82, 2.24) is 0 Å². The predicted molar refractivity (Wildman–Crippen MR) is 86.0 cm³/mol. The quantitative estimate of drug-likeness (QED) is 0.640. The van der Waals surface area contributed by atoms with Crippen LogP contribution in [0.25, 0.3) is 12.2 Å². The second kappa shape index (κ2) is 4.32. The average molecular weight is 306 g/mol. The van der Waals surface area contributed by atoms with Crippen molar-refractivity contribution in [3.63, 3.8) is 0 Å². The molecule has 102 valence electrons. The van der Waals surface area contributed by atoms with Gasteiger partial charge in [-0.2, -0.15) is 0 Å². The van der Waals surface area contributed by atoms with Crippen molar-refractivity contribution in [3.05, 3.63) is 82.9 Å². The maximum atomic E-state index is 2.53. The third-order valence-corrected chi connectivity index (χ3v) is 13.7. The molecule has 1 heterocycles. The molecule has 2 aromatic rings. The molecule has 1 saturated heterocycles. The van der Waals surface area contributed by atoms with E-state index < -0.39 is 16.6 Å². The van der Waals surface area contributed by atoms with Crippen LogP contribution in [0.2, 0.25) is 9.45 Å². The summed E-state index contributed by atoms with van der Waals surface area (Å²) in [6, 6.07) is 18.1. The van der Waals surface area contributed by atoms with Crippen LogP contribution < -0.4 is 0 Å². The van der Waals surface area contributed by atoms with E-state index in [1.807, 2.05) is 0 Å². The van der Waals surface area contributed by atoms with Crippen molar-refractivity contribution in [3.8, 4) is 0 Å². The first kappa shape index (κ1) is 12.2. The predicted octanol–water partition coefficient (Wildman–Crippen LogP) is 5.53. The summed E-state index contributed by atoms with van der Waals surface area (Å²) in [5, 5.41) is 0. The summed E-state index contributed by atoms with van der Waals surface area (Å²) in [4.78, 5) is 0. The van der Waals surface area contributed by atoms with E-state index >= 15 is 0 Å². The molecule has 0 aromatic heterocycles. The van der Waals surface area contributed by atoms with E-state index in [9.17, 15) is 0 Å². The zero-order valence-electron chi connectivity index (χ0n) is 12.0. The van der Waals surface area contributed by atoms with E-state index in [1.165, 1.54) is 20.6 Å². The number of allylic oxidation sites excluding steroid dienone is 2. The Hall–Kier alpha value is -1.37. The van der Waals surface area contributed by atoms with Gasteiger partial charge in [0.05, 0.1) is 0 Å². The second-order valence-electron chi connectivity index (χ2n) is 6.66. The molecule has 1 heteroatoms. The first-order chi connectivity index (χ1) is 10.4. The van der Waals surface area contributed by atoms with Gasteiger partial charge in [-0.05, 0) is 0 Å². The fraction of sp³-hybridized carbons (Fsp3) is 0.200. The molecule has 2 unspecified atom stereocenters. The monoisotopic (exact) mass is 306 g/mol. The Morgan fingerprint density at radius 3 is 1.62 bits per heavy atom. The average Bonchev–Trinajstić information content (AvgIpc) is 3.03. The van der Waals surface area contributed by atoms with Crippen LogP contribution >= 0.6 is 0 Å². The molecule has 2 aromatic carbocycles. The third-order valence-electron chi connectivity index (χ3n) is 5.66. The van der Waals surface area contributed by atoms with E-state index in [0.29, 0.717) is 0 Å². The molecule has 0 bridgehead atoms. The van der Waals surface area contributed by atoms with Gasteiger partial charge >= 0.3 is 130 Å². The van der Waals surface area contributed by atoms with Crippen LogP contribution in [0.4, 0.5) is 0 Å². The van der Waals surface area contributed by atoms with Crippen molar-refractivity contribution in [2.24, 2.45) is 0 Å².